The van der Waals surface area contributed by atoms with E-state index >= 15 is 0 Å². The molecule has 0 aliphatic carbocycles. The minimum absolute atomic E-state index is 0.317. The van der Waals surface area contributed by atoms with Crippen LogP contribution in [-0.2, 0) is 0 Å². The Labute approximate surface area is 173 Å². The lowest BCUT2D eigenvalue weighted by Crippen LogP contribution is -2.25. The van der Waals surface area contributed by atoms with Crippen molar-refractivity contribution < 1.29 is 24.4 Å². The first-order valence-corrected chi connectivity index (χ1v) is 9.52. The Kier molecular flexibility index (Phi) is 5.65. The molecule has 7 nitrogen and oxygen atoms in total. The van der Waals surface area contributed by atoms with Gasteiger partial charge in [0, 0.05) is 23.0 Å². The van der Waals surface area contributed by atoms with Crippen LogP contribution in [0.25, 0.3) is 21.8 Å². The first-order chi connectivity index (χ1) is 14.6. The summed E-state index contributed by atoms with van der Waals surface area (Å²) in [6.07, 6.45) is 0.898. The highest BCUT2D eigenvalue weighted by molar-refractivity contribution is 5.88. The molecule has 7 heteroatoms. The zero-order valence-corrected chi connectivity index (χ0v) is 16.7. The summed E-state index contributed by atoms with van der Waals surface area (Å²) in [5.41, 5.74) is 2.32. The molecule has 0 atom stereocenters. The van der Waals surface area contributed by atoms with Gasteiger partial charge in [-0.25, -0.2) is 4.98 Å². The molecule has 0 aliphatic heterocycles. The number of hydrogen-bond acceptors (Lipinski definition) is 7. The van der Waals surface area contributed by atoms with E-state index in [1.54, 1.807) is 24.4 Å². The minimum Gasteiger partial charge on any atom is -0.493 e. The van der Waals surface area contributed by atoms with Crippen LogP contribution in [0.15, 0.2) is 54.7 Å². The van der Waals surface area contributed by atoms with Crippen LogP contribution >= 0.6 is 0 Å². The van der Waals surface area contributed by atoms with Crippen LogP contribution in [-0.4, -0.2) is 46.6 Å². The lowest BCUT2D eigenvalue weighted by molar-refractivity contribution is 0.0611. The van der Waals surface area contributed by atoms with E-state index in [-0.39, 0.29) is 13.2 Å². The molecule has 2 aromatic heterocycles. The van der Waals surface area contributed by atoms with E-state index in [1.807, 2.05) is 37.3 Å². The molecule has 0 unspecified atom stereocenters. The molecule has 0 saturated carbocycles. The van der Waals surface area contributed by atoms with Crippen LogP contribution in [0.4, 0.5) is 0 Å². The largest absolute Gasteiger partial charge is 0.493 e. The number of methoxy groups -OCH3 is 1. The molecule has 0 bridgehead atoms. The van der Waals surface area contributed by atoms with Gasteiger partial charge >= 0.3 is 0 Å². The molecule has 154 valence electrons. The zero-order chi connectivity index (χ0) is 21.1. The van der Waals surface area contributed by atoms with Gasteiger partial charge in [0.1, 0.15) is 17.6 Å². The van der Waals surface area contributed by atoms with Gasteiger partial charge in [-0.2, -0.15) is 0 Å². The quantitative estimate of drug-likeness (QED) is 0.484. The monoisotopic (exact) mass is 406 g/mol. The van der Waals surface area contributed by atoms with E-state index in [1.165, 1.54) is 7.11 Å². The van der Waals surface area contributed by atoms with Gasteiger partial charge in [-0.15, -0.1) is 0 Å². The maximum atomic E-state index is 9.31. The number of benzene rings is 2. The highest BCUT2D eigenvalue weighted by atomic mass is 16.5. The van der Waals surface area contributed by atoms with Crippen LogP contribution < -0.4 is 14.2 Å². The first kappa shape index (κ1) is 19.9. The van der Waals surface area contributed by atoms with Crippen LogP contribution in [0.1, 0.15) is 5.69 Å². The number of ether oxygens (including phenoxy) is 3. The molecule has 4 rings (SSSR count). The highest BCUT2D eigenvalue weighted by Crippen LogP contribution is 2.38. The van der Waals surface area contributed by atoms with Crippen molar-refractivity contribution in [2.45, 2.75) is 13.0 Å². The minimum atomic E-state index is -0.748. The molecule has 2 N–H and O–H groups in total. The van der Waals surface area contributed by atoms with E-state index < -0.39 is 6.10 Å². The van der Waals surface area contributed by atoms with Crippen LogP contribution in [0, 0.1) is 6.92 Å². The smallest absolute Gasteiger partial charge is 0.164 e. The summed E-state index contributed by atoms with van der Waals surface area (Å²) in [6.45, 7) is 1.27. The Morgan fingerprint density at radius 1 is 0.900 bits per heavy atom. The summed E-state index contributed by atoms with van der Waals surface area (Å²) in [5, 5.41) is 20.3. The van der Waals surface area contributed by atoms with E-state index in [2.05, 4.69) is 9.97 Å². The van der Waals surface area contributed by atoms with Crippen molar-refractivity contribution in [3.63, 3.8) is 0 Å². The number of hydrogen-bond donors (Lipinski definition) is 2. The predicted molar refractivity (Wildman–Crippen MR) is 113 cm³/mol. The van der Waals surface area contributed by atoms with Crippen molar-refractivity contribution >= 4 is 21.8 Å². The van der Waals surface area contributed by atoms with E-state index in [9.17, 15) is 10.2 Å². The Morgan fingerprint density at radius 3 is 2.47 bits per heavy atom. The predicted octanol–water partition coefficient (Wildman–Crippen LogP) is 3.62. The average Bonchev–Trinajstić information content (AvgIpc) is 2.77. The second kappa shape index (κ2) is 8.52. The summed E-state index contributed by atoms with van der Waals surface area (Å²) in [4.78, 5) is 9.01. The molecule has 2 heterocycles. The summed E-state index contributed by atoms with van der Waals surface area (Å²) in [6, 6.07) is 15.1. The number of pyridine rings is 2. The van der Waals surface area contributed by atoms with Crippen molar-refractivity contribution in [3.05, 3.63) is 60.4 Å². The SMILES string of the molecule is COc1cc2c(Oc3cc4ccccc4nc3C)ccnc2cc1OC(CO)CO. The van der Waals surface area contributed by atoms with E-state index in [0.29, 0.717) is 28.5 Å². The molecule has 0 aliphatic rings. The Bertz CT molecular complexity index is 1190. The number of aliphatic hydroxyl groups excluding tert-OH is 2. The molecule has 0 radical (unpaired) electrons. The molecule has 0 fully saturated rings. The zero-order valence-electron chi connectivity index (χ0n) is 16.7. The molecule has 0 saturated heterocycles. The van der Waals surface area contributed by atoms with Gasteiger partial charge in [0.25, 0.3) is 0 Å². The fourth-order valence-corrected chi connectivity index (χ4v) is 3.20. The third-order valence-electron chi connectivity index (χ3n) is 4.78. The fourth-order valence-electron chi connectivity index (χ4n) is 3.20. The van der Waals surface area contributed by atoms with Gasteiger partial charge in [-0.3, -0.25) is 4.98 Å². The van der Waals surface area contributed by atoms with Crippen molar-refractivity contribution in [1.82, 2.24) is 9.97 Å². The number of aromatic nitrogens is 2. The number of para-hydroxylation sites is 1. The third kappa shape index (κ3) is 3.85. The highest BCUT2D eigenvalue weighted by Gasteiger charge is 2.16. The van der Waals surface area contributed by atoms with Gasteiger partial charge in [0.2, 0.25) is 0 Å². The number of rotatable bonds is 7. The Hall–Kier alpha value is -3.42. The standard InChI is InChI=1S/C23H22N2O5/c1-14-21(9-15-5-3-4-6-18(15)25-14)30-20-7-8-24-19-11-23(29-16(12-26)13-27)22(28-2)10-17(19)20/h3-11,16,26-27H,12-13H2,1-2H3. The molecule has 2 aromatic carbocycles. The normalized spacial score (nSPS) is 11.2. The first-order valence-electron chi connectivity index (χ1n) is 9.52. The van der Waals surface area contributed by atoms with Gasteiger partial charge in [-0.05, 0) is 31.2 Å². The van der Waals surface area contributed by atoms with Crippen molar-refractivity contribution in [3.8, 4) is 23.0 Å². The van der Waals surface area contributed by atoms with Crippen LogP contribution in [0.2, 0.25) is 0 Å². The van der Waals surface area contributed by atoms with Gasteiger partial charge in [0.15, 0.2) is 11.5 Å². The van der Waals surface area contributed by atoms with Crippen molar-refractivity contribution in [2.24, 2.45) is 0 Å². The Morgan fingerprint density at radius 2 is 1.70 bits per heavy atom. The van der Waals surface area contributed by atoms with Crippen molar-refractivity contribution in [1.29, 1.82) is 0 Å². The fraction of sp³-hybridized carbons (Fsp3) is 0.217. The van der Waals surface area contributed by atoms with Gasteiger partial charge in [0.05, 0.1) is 37.1 Å². The number of fused-ring (bicyclic) bond motifs is 2. The molecular weight excluding hydrogens is 384 g/mol. The number of nitrogens with zero attached hydrogens (tertiary/aromatic N) is 2. The number of aryl methyl sites for hydroxylation is 1. The second-order valence-corrected chi connectivity index (χ2v) is 6.80. The van der Waals surface area contributed by atoms with Gasteiger partial charge < -0.3 is 24.4 Å². The molecule has 30 heavy (non-hydrogen) atoms. The van der Waals surface area contributed by atoms with E-state index in [4.69, 9.17) is 14.2 Å². The summed E-state index contributed by atoms with van der Waals surface area (Å²) in [5.74, 6) is 2.08. The summed E-state index contributed by atoms with van der Waals surface area (Å²) >= 11 is 0. The maximum Gasteiger partial charge on any atom is 0.164 e. The molecule has 4 aromatic rings. The second-order valence-electron chi connectivity index (χ2n) is 6.80. The van der Waals surface area contributed by atoms with Crippen LogP contribution in [0.3, 0.4) is 0 Å². The molecule has 0 spiro atoms. The summed E-state index contributed by atoms with van der Waals surface area (Å²) in [7, 11) is 1.52. The topological polar surface area (TPSA) is 93.9 Å². The molecule has 0 amide bonds. The third-order valence-corrected chi connectivity index (χ3v) is 4.78. The Balaban J connectivity index is 1.76. The number of aliphatic hydroxyl groups is 2. The maximum absolute atomic E-state index is 9.31. The average molecular weight is 406 g/mol. The summed E-state index contributed by atoms with van der Waals surface area (Å²) < 4.78 is 17.3. The lowest BCUT2D eigenvalue weighted by atomic mass is 10.1. The van der Waals surface area contributed by atoms with Crippen LogP contribution in [0.5, 0.6) is 23.0 Å². The lowest BCUT2D eigenvalue weighted by Gasteiger charge is -2.18. The van der Waals surface area contributed by atoms with Gasteiger partial charge in [-0.1, -0.05) is 18.2 Å². The van der Waals surface area contributed by atoms with E-state index in [0.717, 1.165) is 22.0 Å². The molecular formula is C23H22N2O5. The van der Waals surface area contributed by atoms with Crippen molar-refractivity contribution in [2.75, 3.05) is 20.3 Å².